The van der Waals surface area contributed by atoms with Crippen molar-refractivity contribution in [1.29, 1.82) is 0 Å². The number of thiazole rings is 1. The molecule has 0 fully saturated rings. The van der Waals surface area contributed by atoms with Crippen molar-refractivity contribution in [1.82, 2.24) is 4.98 Å². The predicted molar refractivity (Wildman–Crippen MR) is 80.8 cm³/mol. The number of benzene rings is 1. The molecule has 21 heavy (non-hydrogen) atoms. The van der Waals surface area contributed by atoms with E-state index in [0.717, 1.165) is 21.5 Å². The maximum absolute atomic E-state index is 10.5. The van der Waals surface area contributed by atoms with Crippen LogP contribution in [0.1, 0.15) is 15.4 Å². The Bertz CT molecular complexity index is 663. The molecule has 0 amide bonds. The summed E-state index contributed by atoms with van der Waals surface area (Å²) in [6, 6.07) is 5.25. The number of carboxylic acids is 1. The number of nitrogens with zero attached hydrogens (tertiary/aromatic N) is 1. The molecular weight excluding hydrogens is 290 g/mol. The highest BCUT2D eigenvalue weighted by Crippen LogP contribution is 2.29. The smallest absolute Gasteiger partial charge is 0.328 e. The van der Waals surface area contributed by atoms with Crippen molar-refractivity contribution in [3.05, 3.63) is 45.9 Å². The molecule has 0 aliphatic rings. The predicted octanol–water partition coefficient (Wildman–Crippen LogP) is 3.14. The summed E-state index contributed by atoms with van der Waals surface area (Å²) in [5.74, 6) is 0.174. The van der Waals surface area contributed by atoms with Gasteiger partial charge >= 0.3 is 5.97 Å². The third-order valence-corrected chi connectivity index (χ3v) is 3.53. The summed E-state index contributed by atoms with van der Waals surface area (Å²) in [5.41, 5.74) is 0.730. The maximum Gasteiger partial charge on any atom is 0.328 e. The van der Waals surface area contributed by atoms with Gasteiger partial charge in [0.25, 0.3) is 0 Å². The van der Waals surface area contributed by atoms with Crippen molar-refractivity contribution < 1.29 is 19.4 Å². The van der Waals surface area contributed by atoms with Crippen LogP contribution >= 0.6 is 11.3 Å². The van der Waals surface area contributed by atoms with E-state index >= 15 is 0 Å². The number of aromatic nitrogens is 1. The van der Waals surface area contributed by atoms with Crippen LogP contribution in [0.2, 0.25) is 0 Å². The summed E-state index contributed by atoms with van der Waals surface area (Å²) in [5, 5.41) is 9.64. The highest BCUT2D eigenvalue weighted by molar-refractivity contribution is 7.11. The zero-order valence-electron chi connectivity index (χ0n) is 11.7. The Balaban J connectivity index is 2.15. The molecule has 2 rings (SSSR count). The van der Waals surface area contributed by atoms with Gasteiger partial charge < -0.3 is 14.6 Å². The van der Waals surface area contributed by atoms with E-state index in [4.69, 9.17) is 14.6 Å². The lowest BCUT2D eigenvalue weighted by Gasteiger charge is -2.10. The molecule has 0 unspecified atom stereocenters. The van der Waals surface area contributed by atoms with Gasteiger partial charge in [-0.1, -0.05) is 6.07 Å². The molecule has 0 saturated carbocycles. The molecule has 0 aliphatic carbocycles. The van der Waals surface area contributed by atoms with Crippen LogP contribution in [-0.2, 0) is 11.4 Å². The van der Waals surface area contributed by atoms with Gasteiger partial charge in [-0.15, -0.1) is 11.3 Å². The number of aryl methyl sites for hydroxylation is 1. The van der Waals surface area contributed by atoms with Crippen LogP contribution in [0.3, 0.4) is 0 Å². The highest BCUT2D eigenvalue weighted by atomic mass is 32.1. The van der Waals surface area contributed by atoms with Gasteiger partial charge in [0.2, 0.25) is 0 Å². The van der Waals surface area contributed by atoms with E-state index in [9.17, 15) is 4.79 Å². The van der Waals surface area contributed by atoms with Gasteiger partial charge in [-0.05, 0) is 30.7 Å². The van der Waals surface area contributed by atoms with Crippen molar-refractivity contribution in [2.24, 2.45) is 0 Å². The van der Waals surface area contributed by atoms with Gasteiger partial charge in [0.05, 0.1) is 17.0 Å². The van der Waals surface area contributed by atoms with Gasteiger partial charge in [-0.2, -0.15) is 0 Å². The molecule has 1 heterocycles. The van der Waals surface area contributed by atoms with E-state index in [1.807, 2.05) is 6.92 Å². The molecule has 0 bridgehead atoms. The Morgan fingerprint density at radius 1 is 1.43 bits per heavy atom. The fourth-order valence-electron chi connectivity index (χ4n) is 1.70. The molecular formula is C15H15NO4S. The molecule has 5 nitrogen and oxygen atoms in total. The fourth-order valence-corrected chi connectivity index (χ4v) is 2.41. The summed E-state index contributed by atoms with van der Waals surface area (Å²) in [4.78, 5) is 15.7. The Kier molecular flexibility index (Phi) is 4.94. The molecule has 0 aliphatic heterocycles. The topological polar surface area (TPSA) is 68.7 Å². The second kappa shape index (κ2) is 6.90. The quantitative estimate of drug-likeness (QED) is 0.830. The lowest BCUT2D eigenvalue weighted by atomic mass is 10.2. The molecule has 0 saturated heterocycles. The number of hydrogen-bond acceptors (Lipinski definition) is 5. The number of methoxy groups -OCH3 is 1. The van der Waals surface area contributed by atoms with Crippen LogP contribution in [0.25, 0.3) is 6.08 Å². The first-order chi connectivity index (χ1) is 10.1. The minimum Gasteiger partial charge on any atom is -0.493 e. The van der Waals surface area contributed by atoms with Crippen molar-refractivity contribution in [3.63, 3.8) is 0 Å². The van der Waals surface area contributed by atoms with E-state index in [1.54, 1.807) is 42.8 Å². The van der Waals surface area contributed by atoms with Crippen LogP contribution in [0, 0.1) is 6.92 Å². The molecule has 6 heteroatoms. The molecule has 110 valence electrons. The number of carboxylic acid groups (broad SMARTS) is 1. The minimum atomic E-state index is -0.992. The number of rotatable bonds is 6. The largest absolute Gasteiger partial charge is 0.493 e. The zero-order valence-corrected chi connectivity index (χ0v) is 12.5. The third kappa shape index (κ3) is 4.32. The summed E-state index contributed by atoms with van der Waals surface area (Å²) >= 11 is 1.57. The van der Waals surface area contributed by atoms with E-state index in [0.29, 0.717) is 18.1 Å². The second-order valence-electron chi connectivity index (χ2n) is 4.22. The van der Waals surface area contributed by atoms with E-state index in [2.05, 4.69) is 4.98 Å². The minimum absolute atomic E-state index is 0.397. The standard InChI is InChI=1S/C15H15NO4S/c1-10-16-8-12(21-10)9-20-14-7-11(4-6-15(17)18)3-5-13(14)19-2/h3-8H,9H2,1-2H3,(H,17,18). The third-order valence-electron chi connectivity index (χ3n) is 2.65. The molecule has 1 N–H and O–H groups in total. The van der Waals surface area contributed by atoms with Crippen molar-refractivity contribution in [2.45, 2.75) is 13.5 Å². The lowest BCUT2D eigenvalue weighted by Crippen LogP contribution is -1.96. The van der Waals surface area contributed by atoms with E-state index < -0.39 is 5.97 Å². The van der Waals surface area contributed by atoms with Crippen LogP contribution in [-0.4, -0.2) is 23.2 Å². The average Bonchev–Trinajstić information content (AvgIpc) is 2.88. The molecule has 0 radical (unpaired) electrons. The van der Waals surface area contributed by atoms with E-state index in [1.165, 1.54) is 6.08 Å². The van der Waals surface area contributed by atoms with Gasteiger partial charge in [0.15, 0.2) is 11.5 Å². The van der Waals surface area contributed by atoms with Crippen LogP contribution in [0.4, 0.5) is 0 Å². The average molecular weight is 305 g/mol. The fraction of sp³-hybridized carbons (Fsp3) is 0.200. The molecule has 0 spiro atoms. The monoisotopic (exact) mass is 305 g/mol. The first-order valence-electron chi connectivity index (χ1n) is 6.21. The zero-order chi connectivity index (χ0) is 15.2. The van der Waals surface area contributed by atoms with E-state index in [-0.39, 0.29) is 0 Å². The Morgan fingerprint density at radius 3 is 2.86 bits per heavy atom. The van der Waals surface area contributed by atoms with Gasteiger partial charge in [-0.3, -0.25) is 0 Å². The van der Waals surface area contributed by atoms with Crippen LogP contribution in [0.5, 0.6) is 11.5 Å². The molecule has 1 aromatic carbocycles. The first-order valence-corrected chi connectivity index (χ1v) is 7.03. The van der Waals surface area contributed by atoms with Gasteiger partial charge in [0.1, 0.15) is 6.61 Å². The summed E-state index contributed by atoms with van der Waals surface area (Å²) in [6.07, 6.45) is 4.37. The number of aliphatic carboxylic acids is 1. The SMILES string of the molecule is COc1ccc(C=CC(=O)O)cc1OCc1cnc(C)s1. The van der Waals surface area contributed by atoms with Gasteiger partial charge in [0, 0.05) is 12.3 Å². The van der Waals surface area contributed by atoms with Gasteiger partial charge in [-0.25, -0.2) is 9.78 Å². The molecule has 2 aromatic rings. The summed E-state index contributed by atoms with van der Waals surface area (Å²) < 4.78 is 11.0. The number of carbonyl (C=O) groups is 1. The molecule has 1 aromatic heterocycles. The number of hydrogen-bond donors (Lipinski definition) is 1. The Morgan fingerprint density at radius 2 is 2.24 bits per heavy atom. The van der Waals surface area contributed by atoms with Crippen molar-refractivity contribution in [2.75, 3.05) is 7.11 Å². The Labute approximate surface area is 126 Å². The second-order valence-corrected chi connectivity index (χ2v) is 5.54. The van der Waals surface area contributed by atoms with Crippen LogP contribution in [0.15, 0.2) is 30.5 Å². The maximum atomic E-state index is 10.5. The summed E-state index contributed by atoms with van der Waals surface area (Å²) in [7, 11) is 1.56. The lowest BCUT2D eigenvalue weighted by molar-refractivity contribution is -0.131. The Hall–Kier alpha value is -2.34. The first kappa shape index (κ1) is 15.1. The summed E-state index contributed by atoms with van der Waals surface area (Å²) in [6.45, 7) is 2.33. The van der Waals surface area contributed by atoms with Crippen molar-refractivity contribution in [3.8, 4) is 11.5 Å². The number of ether oxygens (including phenoxy) is 2. The molecule has 0 atom stereocenters. The van der Waals surface area contributed by atoms with Crippen molar-refractivity contribution >= 4 is 23.4 Å². The van der Waals surface area contributed by atoms with Crippen LogP contribution < -0.4 is 9.47 Å². The highest BCUT2D eigenvalue weighted by Gasteiger charge is 2.07. The normalized spacial score (nSPS) is 10.8.